The number of carbonyl (C=O) groups excluding carboxylic acids is 1. The van der Waals surface area contributed by atoms with Gasteiger partial charge in [-0.05, 0) is 72.9 Å². The first-order valence-electron chi connectivity index (χ1n) is 10.9. The monoisotopic (exact) mass is 467 g/mol. The number of amides is 1. The van der Waals surface area contributed by atoms with Crippen molar-refractivity contribution in [3.63, 3.8) is 0 Å². The molecular formula is C24H22FN3O2S2. The molecule has 2 aromatic heterocycles. The summed E-state index contributed by atoms with van der Waals surface area (Å²) in [4.78, 5) is 31.1. The van der Waals surface area contributed by atoms with Crippen LogP contribution in [0.3, 0.4) is 0 Å². The fourth-order valence-electron chi connectivity index (χ4n) is 5.90. The summed E-state index contributed by atoms with van der Waals surface area (Å²) in [6, 6.07) is 9.74. The Bertz CT molecular complexity index is 1220. The molecule has 0 spiro atoms. The van der Waals surface area contributed by atoms with Crippen molar-refractivity contribution in [3.8, 4) is 0 Å². The van der Waals surface area contributed by atoms with Gasteiger partial charge in [0.25, 0.3) is 0 Å². The van der Waals surface area contributed by atoms with Crippen LogP contribution in [0.4, 0.5) is 10.1 Å². The number of rotatable bonds is 4. The van der Waals surface area contributed by atoms with E-state index in [0.29, 0.717) is 28.7 Å². The van der Waals surface area contributed by atoms with Gasteiger partial charge in [0.05, 0.1) is 5.03 Å². The molecule has 5 atom stereocenters. The Kier molecular flexibility index (Phi) is 4.95. The zero-order chi connectivity index (χ0) is 21.8. The van der Waals surface area contributed by atoms with E-state index in [1.165, 1.54) is 60.4 Å². The molecule has 1 N–H and O–H groups in total. The van der Waals surface area contributed by atoms with Crippen LogP contribution in [0.5, 0.6) is 0 Å². The van der Waals surface area contributed by atoms with Gasteiger partial charge in [0.1, 0.15) is 12.4 Å². The number of thiazole rings is 1. The molecule has 4 unspecified atom stereocenters. The van der Waals surface area contributed by atoms with Gasteiger partial charge < -0.3 is 5.32 Å². The molecule has 2 aliphatic carbocycles. The summed E-state index contributed by atoms with van der Waals surface area (Å²) in [5.41, 5.74) is 1.68. The molecule has 5 nitrogen and oxygen atoms in total. The molecule has 0 saturated heterocycles. The Labute approximate surface area is 193 Å². The van der Waals surface area contributed by atoms with Crippen molar-refractivity contribution in [2.24, 2.45) is 17.8 Å². The lowest BCUT2D eigenvalue weighted by atomic mass is 9.75. The third-order valence-electron chi connectivity index (χ3n) is 7.16. The Morgan fingerprint density at radius 2 is 2.00 bits per heavy atom. The van der Waals surface area contributed by atoms with Crippen LogP contribution in [0.15, 0.2) is 58.6 Å². The number of pyridine rings is 1. The van der Waals surface area contributed by atoms with E-state index < -0.39 is 0 Å². The van der Waals surface area contributed by atoms with Crippen LogP contribution in [0.1, 0.15) is 35.6 Å². The van der Waals surface area contributed by atoms with Crippen LogP contribution < -0.4 is 10.2 Å². The average molecular weight is 468 g/mol. The number of fused-ring (bicyclic) bond motifs is 6. The predicted molar refractivity (Wildman–Crippen MR) is 124 cm³/mol. The zero-order valence-corrected chi connectivity index (χ0v) is 18.9. The van der Waals surface area contributed by atoms with Crippen molar-refractivity contribution in [2.75, 3.05) is 5.32 Å². The van der Waals surface area contributed by atoms with E-state index in [0.717, 1.165) is 9.90 Å². The summed E-state index contributed by atoms with van der Waals surface area (Å²) < 4.78 is 14.8. The Morgan fingerprint density at radius 1 is 1.19 bits per heavy atom. The second kappa shape index (κ2) is 7.85. The Balaban J connectivity index is 1.35. The molecule has 6 rings (SSSR count). The largest absolute Gasteiger partial charge is 0.325 e. The van der Waals surface area contributed by atoms with Crippen molar-refractivity contribution in [2.45, 2.75) is 42.0 Å². The maximum atomic E-state index is 13.2. The molecular weight excluding hydrogens is 445 g/mol. The van der Waals surface area contributed by atoms with E-state index in [9.17, 15) is 14.0 Å². The normalized spacial score (nSPS) is 27.7. The van der Waals surface area contributed by atoms with Gasteiger partial charge in [-0.1, -0.05) is 17.4 Å². The first-order valence-corrected chi connectivity index (χ1v) is 12.6. The van der Waals surface area contributed by atoms with Gasteiger partial charge in [-0.2, -0.15) is 0 Å². The lowest BCUT2D eigenvalue weighted by Crippen LogP contribution is -2.34. The van der Waals surface area contributed by atoms with Gasteiger partial charge in [-0.3, -0.25) is 19.1 Å². The molecule has 32 heavy (non-hydrogen) atoms. The fourth-order valence-corrected chi connectivity index (χ4v) is 9.05. The van der Waals surface area contributed by atoms with Gasteiger partial charge in [-0.15, -0.1) is 11.8 Å². The first kappa shape index (κ1) is 20.2. The molecule has 3 aromatic rings. The van der Waals surface area contributed by atoms with Crippen LogP contribution in [0, 0.1) is 23.6 Å². The summed E-state index contributed by atoms with van der Waals surface area (Å²) in [5, 5.41) is 4.20. The molecule has 0 radical (unpaired) electrons. The van der Waals surface area contributed by atoms with Crippen LogP contribution >= 0.6 is 23.1 Å². The standard InChI is InChI=1S/C24H22FN3O2S2/c25-16-5-7-17(8-6-16)27-18(29)12-28-23-22(32-24(28)30)20(15-2-1-9-26-11-15)19-13-3-4-14(10-13)21(19)31-23/h1-2,5-9,11,13-14,19-21H,3-4,10,12H2,(H,27,29)/t13?,14?,19?,20-,21?/m1/s1. The molecule has 3 aliphatic rings. The van der Waals surface area contributed by atoms with Crippen LogP contribution in [0.25, 0.3) is 0 Å². The lowest BCUT2D eigenvalue weighted by Gasteiger charge is -2.40. The number of thioether (sulfide) groups is 1. The summed E-state index contributed by atoms with van der Waals surface area (Å²) in [6.07, 6.45) is 7.52. The minimum absolute atomic E-state index is 0.0414. The van der Waals surface area contributed by atoms with Gasteiger partial charge in [0.2, 0.25) is 5.91 Å². The van der Waals surface area contributed by atoms with Gasteiger partial charge in [0.15, 0.2) is 0 Å². The highest BCUT2D eigenvalue weighted by molar-refractivity contribution is 8.00. The highest BCUT2D eigenvalue weighted by Gasteiger charge is 2.55. The minimum atomic E-state index is -0.357. The Morgan fingerprint density at radius 3 is 2.78 bits per heavy atom. The zero-order valence-electron chi connectivity index (χ0n) is 17.2. The van der Waals surface area contributed by atoms with Crippen molar-refractivity contribution >= 4 is 34.7 Å². The number of anilines is 1. The molecule has 1 aliphatic heterocycles. The third-order valence-corrected chi connectivity index (χ3v) is 9.99. The quantitative estimate of drug-likeness (QED) is 0.602. The third kappa shape index (κ3) is 3.31. The van der Waals surface area contributed by atoms with Gasteiger partial charge in [0, 0.05) is 34.1 Å². The number of aromatic nitrogens is 2. The number of hydrogen-bond acceptors (Lipinski definition) is 5. The Hall–Kier alpha value is -2.45. The van der Waals surface area contributed by atoms with Crippen molar-refractivity contribution in [3.05, 3.63) is 74.7 Å². The van der Waals surface area contributed by atoms with Crippen molar-refractivity contribution in [1.29, 1.82) is 0 Å². The van der Waals surface area contributed by atoms with E-state index in [-0.39, 0.29) is 29.1 Å². The number of nitrogens with zero attached hydrogens (tertiary/aromatic N) is 2. The summed E-state index contributed by atoms with van der Waals surface area (Å²) in [5.74, 6) is 1.42. The average Bonchev–Trinajstić information content (AvgIpc) is 3.49. The maximum Gasteiger partial charge on any atom is 0.308 e. The van der Waals surface area contributed by atoms with Crippen LogP contribution in [0.2, 0.25) is 0 Å². The van der Waals surface area contributed by atoms with Crippen molar-refractivity contribution in [1.82, 2.24) is 9.55 Å². The molecule has 2 fully saturated rings. The van der Waals surface area contributed by atoms with E-state index in [4.69, 9.17) is 0 Å². The van der Waals surface area contributed by atoms with Crippen molar-refractivity contribution < 1.29 is 9.18 Å². The topological polar surface area (TPSA) is 64.0 Å². The fraction of sp³-hybridized carbons (Fsp3) is 0.375. The molecule has 3 heterocycles. The molecule has 8 heteroatoms. The van der Waals surface area contributed by atoms with Gasteiger partial charge >= 0.3 is 4.87 Å². The second-order valence-corrected chi connectivity index (χ2v) is 11.1. The number of benzene rings is 1. The first-order chi connectivity index (χ1) is 15.6. The second-order valence-electron chi connectivity index (χ2n) is 8.94. The number of carbonyl (C=O) groups is 1. The van der Waals surface area contributed by atoms with E-state index in [1.54, 1.807) is 10.8 Å². The smallest absolute Gasteiger partial charge is 0.308 e. The van der Waals surface area contributed by atoms with Gasteiger partial charge in [-0.25, -0.2) is 4.39 Å². The van der Waals surface area contributed by atoms with Crippen LogP contribution in [-0.4, -0.2) is 20.7 Å². The molecule has 1 amide bonds. The summed E-state index contributed by atoms with van der Waals surface area (Å²) in [6.45, 7) is -0.0414. The summed E-state index contributed by atoms with van der Waals surface area (Å²) >= 11 is 3.09. The minimum Gasteiger partial charge on any atom is -0.325 e. The van der Waals surface area contributed by atoms with Crippen LogP contribution in [-0.2, 0) is 11.3 Å². The highest BCUT2D eigenvalue weighted by atomic mass is 32.2. The maximum absolute atomic E-state index is 13.2. The number of nitrogens with one attached hydrogen (secondary N) is 1. The lowest BCUT2D eigenvalue weighted by molar-refractivity contribution is -0.116. The molecule has 2 saturated carbocycles. The molecule has 2 bridgehead atoms. The number of hydrogen-bond donors (Lipinski definition) is 1. The predicted octanol–water partition coefficient (Wildman–Crippen LogP) is 4.73. The molecule has 164 valence electrons. The highest BCUT2D eigenvalue weighted by Crippen LogP contribution is 2.63. The molecule has 1 aromatic carbocycles. The SMILES string of the molecule is O=C(Cn1c2c(sc1=O)[C@H](c1cccnc1)C1C3CCC(C3)C1S2)Nc1ccc(F)cc1. The number of halogens is 1. The van der Waals surface area contributed by atoms with E-state index >= 15 is 0 Å². The summed E-state index contributed by atoms with van der Waals surface area (Å²) in [7, 11) is 0. The van der Waals surface area contributed by atoms with E-state index in [2.05, 4.69) is 16.4 Å². The van der Waals surface area contributed by atoms with E-state index in [1.807, 2.05) is 24.0 Å².